The molecule has 0 saturated heterocycles. The van der Waals surface area contributed by atoms with Crippen LogP contribution in [0.25, 0.3) is 0 Å². The van der Waals surface area contributed by atoms with E-state index in [2.05, 4.69) is 45.1 Å². The molecule has 1 fully saturated rings. The third-order valence-corrected chi connectivity index (χ3v) is 3.82. The number of hydrogen-bond donors (Lipinski definition) is 1. The summed E-state index contributed by atoms with van der Waals surface area (Å²) < 4.78 is 0. The Balaban J connectivity index is 2.53. The van der Waals surface area contributed by atoms with E-state index in [1.165, 1.54) is 51.7 Å². The third-order valence-electron chi connectivity index (χ3n) is 3.82. The number of hydrogen-bond acceptors (Lipinski definition) is 2. The van der Waals surface area contributed by atoms with Gasteiger partial charge in [0.25, 0.3) is 0 Å². The van der Waals surface area contributed by atoms with E-state index in [-0.39, 0.29) is 0 Å². The van der Waals surface area contributed by atoms with Gasteiger partial charge in [0, 0.05) is 19.6 Å². The molecule has 0 spiro atoms. The molecule has 2 heteroatoms. The van der Waals surface area contributed by atoms with Crippen molar-refractivity contribution < 1.29 is 0 Å². The fraction of sp³-hybridized carbons (Fsp3) is 1.00. The van der Waals surface area contributed by atoms with Crippen LogP contribution in [0.3, 0.4) is 0 Å². The monoisotopic (exact) mass is 240 g/mol. The van der Waals surface area contributed by atoms with E-state index in [0.717, 1.165) is 0 Å². The lowest BCUT2D eigenvalue weighted by molar-refractivity contribution is 0.0993. The number of nitrogens with zero attached hydrogens (tertiary/aromatic N) is 1. The molecule has 0 aromatic rings. The minimum atomic E-state index is 0.407. The SMILES string of the molecule is CNCC1(CN(C)CC(C)(C)C)CCCCC1. The van der Waals surface area contributed by atoms with Crippen LogP contribution in [0.1, 0.15) is 52.9 Å². The second-order valence-corrected chi connectivity index (χ2v) is 7.32. The molecule has 1 N–H and O–H groups in total. The molecule has 0 atom stereocenters. The van der Waals surface area contributed by atoms with Gasteiger partial charge in [-0.3, -0.25) is 0 Å². The van der Waals surface area contributed by atoms with E-state index in [9.17, 15) is 0 Å². The summed E-state index contributed by atoms with van der Waals surface area (Å²) in [6.07, 6.45) is 7.09. The van der Waals surface area contributed by atoms with Crippen molar-refractivity contribution in [3.8, 4) is 0 Å². The minimum Gasteiger partial charge on any atom is -0.319 e. The predicted octanol–water partition coefficient (Wildman–Crippen LogP) is 3.13. The van der Waals surface area contributed by atoms with Crippen LogP contribution in [0.15, 0.2) is 0 Å². The lowest BCUT2D eigenvalue weighted by atomic mass is 9.73. The second-order valence-electron chi connectivity index (χ2n) is 7.32. The summed E-state index contributed by atoms with van der Waals surface area (Å²) in [4.78, 5) is 2.54. The molecule has 17 heavy (non-hydrogen) atoms. The zero-order valence-corrected chi connectivity index (χ0v) is 12.6. The molecule has 1 aliphatic carbocycles. The second kappa shape index (κ2) is 6.19. The lowest BCUT2D eigenvalue weighted by Gasteiger charge is -2.41. The molecule has 0 aliphatic heterocycles. The van der Waals surface area contributed by atoms with Crippen LogP contribution in [0.4, 0.5) is 0 Å². The quantitative estimate of drug-likeness (QED) is 0.794. The van der Waals surface area contributed by atoms with Crippen molar-refractivity contribution in [1.29, 1.82) is 0 Å². The van der Waals surface area contributed by atoms with Crippen molar-refractivity contribution in [2.45, 2.75) is 52.9 Å². The van der Waals surface area contributed by atoms with E-state index < -0.39 is 0 Å². The van der Waals surface area contributed by atoms with E-state index in [0.29, 0.717) is 10.8 Å². The Morgan fingerprint density at radius 2 is 1.71 bits per heavy atom. The first-order chi connectivity index (χ1) is 7.87. The van der Waals surface area contributed by atoms with Gasteiger partial charge in [-0.15, -0.1) is 0 Å². The Labute approximate surface area is 108 Å². The summed E-state index contributed by atoms with van der Waals surface area (Å²) >= 11 is 0. The van der Waals surface area contributed by atoms with Gasteiger partial charge >= 0.3 is 0 Å². The standard InChI is InChI=1S/C15H32N2/c1-14(2,3)12-17(5)13-15(11-16-4)9-7-6-8-10-15/h16H,6-13H2,1-5H3. The maximum absolute atomic E-state index is 3.42. The summed E-state index contributed by atoms with van der Waals surface area (Å²) in [5.74, 6) is 0. The Morgan fingerprint density at radius 1 is 1.12 bits per heavy atom. The van der Waals surface area contributed by atoms with Gasteiger partial charge in [-0.05, 0) is 37.8 Å². The first-order valence-corrected chi connectivity index (χ1v) is 7.20. The van der Waals surface area contributed by atoms with Gasteiger partial charge in [0.1, 0.15) is 0 Å². The van der Waals surface area contributed by atoms with Crippen molar-refractivity contribution >= 4 is 0 Å². The summed E-state index contributed by atoms with van der Waals surface area (Å²) in [6.45, 7) is 10.6. The van der Waals surface area contributed by atoms with Crippen molar-refractivity contribution in [1.82, 2.24) is 10.2 Å². The molecular weight excluding hydrogens is 208 g/mol. The van der Waals surface area contributed by atoms with Crippen molar-refractivity contribution in [3.63, 3.8) is 0 Å². The fourth-order valence-electron chi connectivity index (χ4n) is 3.51. The zero-order chi connectivity index (χ0) is 12.9. The van der Waals surface area contributed by atoms with Gasteiger partial charge < -0.3 is 10.2 Å². The molecule has 0 amide bonds. The molecule has 0 heterocycles. The molecule has 0 unspecified atom stereocenters. The normalized spacial score (nSPS) is 20.8. The van der Waals surface area contributed by atoms with Gasteiger partial charge in [-0.2, -0.15) is 0 Å². The first-order valence-electron chi connectivity index (χ1n) is 7.20. The highest BCUT2D eigenvalue weighted by Crippen LogP contribution is 2.36. The summed E-state index contributed by atoms with van der Waals surface area (Å²) in [6, 6.07) is 0. The Hall–Kier alpha value is -0.0800. The van der Waals surface area contributed by atoms with E-state index >= 15 is 0 Å². The molecule has 0 aromatic carbocycles. The van der Waals surface area contributed by atoms with Crippen LogP contribution in [0, 0.1) is 10.8 Å². The summed E-state index contributed by atoms with van der Waals surface area (Å²) in [7, 11) is 4.39. The Morgan fingerprint density at radius 3 is 2.18 bits per heavy atom. The number of nitrogens with one attached hydrogen (secondary N) is 1. The lowest BCUT2D eigenvalue weighted by Crippen LogP contribution is -2.45. The topological polar surface area (TPSA) is 15.3 Å². The van der Waals surface area contributed by atoms with Crippen LogP contribution in [-0.2, 0) is 0 Å². The van der Waals surface area contributed by atoms with Crippen LogP contribution < -0.4 is 5.32 Å². The summed E-state index contributed by atoms with van der Waals surface area (Å²) in [5.41, 5.74) is 0.942. The summed E-state index contributed by atoms with van der Waals surface area (Å²) in [5, 5.41) is 3.42. The number of rotatable bonds is 5. The van der Waals surface area contributed by atoms with Crippen LogP contribution in [0.5, 0.6) is 0 Å². The van der Waals surface area contributed by atoms with E-state index in [1.54, 1.807) is 0 Å². The molecule has 1 saturated carbocycles. The smallest absolute Gasteiger partial charge is 0.00473 e. The molecule has 0 radical (unpaired) electrons. The molecular formula is C15H32N2. The van der Waals surface area contributed by atoms with Crippen molar-refractivity contribution in [2.75, 3.05) is 33.7 Å². The van der Waals surface area contributed by atoms with Gasteiger partial charge in [-0.1, -0.05) is 40.0 Å². The molecule has 1 aliphatic rings. The predicted molar refractivity (Wildman–Crippen MR) is 76.4 cm³/mol. The van der Waals surface area contributed by atoms with Gasteiger partial charge in [0.2, 0.25) is 0 Å². The molecule has 1 rings (SSSR count). The van der Waals surface area contributed by atoms with E-state index in [1.807, 2.05) is 0 Å². The molecule has 0 aromatic heterocycles. The van der Waals surface area contributed by atoms with Crippen LogP contribution in [-0.4, -0.2) is 38.6 Å². The van der Waals surface area contributed by atoms with Gasteiger partial charge in [0.05, 0.1) is 0 Å². The first kappa shape index (κ1) is 15.0. The maximum atomic E-state index is 3.42. The highest BCUT2D eigenvalue weighted by Gasteiger charge is 2.33. The van der Waals surface area contributed by atoms with Crippen molar-refractivity contribution in [3.05, 3.63) is 0 Å². The molecule has 102 valence electrons. The third kappa shape index (κ3) is 5.39. The van der Waals surface area contributed by atoms with Crippen LogP contribution >= 0.6 is 0 Å². The average molecular weight is 240 g/mol. The molecule has 2 nitrogen and oxygen atoms in total. The fourth-order valence-corrected chi connectivity index (χ4v) is 3.51. The van der Waals surface area contributed by atoms with E-state index in [4.69, 9.17) is 0 Å². The zero-order valence-electron chi connectivity index (χ0n) is 12.6. The van der Waals surface area contributed by atoms with Gasteiger partial charge in [0.15, 0.2) is 0 Å². The Bertz CT molecular complexity index is 206. The average Bonchev–Trinajstić information content (AvgIpc) is 2.15. The highest BCUT2D eigenvalue weighted by molar-refractivity contribution is 4.87. The molecule has 0 bridgehead atoms. The van der Waals surface area contributed by atoms with Crippen LogP contribution in [0.2, 0.25) is 0 Å². The highest BCUT2D eigenvalue weighted by atomic mass is 15.1. The minimum absolute atomic E-state index is 0.407. The van der Waals surface area contributed by atoms with Gasteiger partial charge in [-0.25, -0.2) is 0 Å². The van der Waals surface area contributed by atoms with Crippen molar-refractivity contribution in [2.24, 2.45) is 10.8 Å². The maximum Gasteiger partial charge on any atom is 0.00473 e. The Kier molecular flexibility index (Phi) is 5.46. The largest absolute Gasteiger partial charge is 0.319 e.